The van der Waals surface area contributed by atoms with Gasteiger partial charge in [-0.05, 0) is 62.3 Å². The van der Waals surface area contributed by atoms with Gasteiger partial charge in [0.05, 0.1) is 0 Å². The maximum atomic E-state index is 14.1. The van der Waals surface area contributed by atoms with E-state index >= 15 is 0 Å². The van der Waals surface area contributed by atoms with Crippen molar-refractivity contribution in [1.29, 1.82) is 0 Å². The van der Waals surface area contributed by atoms with Crippen LogP contribution >= 0.6 is 34.9 Å². The first kappa shape index (κ1) is 30.8. The molecule has 1 aromatic heterocycles. The maximum absolute atomic E-state index is 14.1. The van der Waals surface area contributed by atoms with Gasteiger partial charge in [0.25, 0.3) is 5.91 Å². The first-order valence-corrected chi connectivity index (χ1v) is 16.3. The second kappa shape index (κ2) is 12.9. The average Bonchev–Trinajstić information content (AvgIpc) is 3.38. The van der Waals surface area contributed by atoms with Crippen molar-refractivity contribution in [2.45, 2.75) is 62.1 Å². The Morgan fingerprint density at radius 3 is 2.26 bits per heavy atom. The fourth-order valence-electron chi connectivity index (χ4n) is 4.66. The Kier molecular flexibility index (Phi) is 9.28. The van der Waals surface area contributed by atoms with Gasteiger partial charge in [-0.1, -0.05) is 83.8 Å². The van der Waals surface area contributed by atoms with E-state index in [1.807, 2.05) is 80.6 Å². The van der Waals surface area contributed by atoms with E-state index < -0.39 is 41.1 Å². The molecule has 9 nitrogen and oxygen atoms in total. The smallest absolute Gasteiger partial charge is 0.408 e. The number of allylic oxidation sites excluding steroid dienone is 2. The summed E-state index contributed by atoms with van der Waals surface area (Å²) in [5.74, 6) is -0.593. The molecule has 3 heterocycles. The number of rotatable bonds is 8. The Labute approximate surface area is 263 Å². The molecule has 2 atom stereocenters. The number of thioether (sulfide) groups is 2. The zero-order chi connectivity index (χ0) is 30.7. The van der Waals surface area contributed by atoms with Gasteiger partial charge in [0.15, 0.2) is 10.4 Å². The van der Waals surface area contributed by atoms with Gasteiger partial charge in [0.2, 0.25) is 0 Å². The number of ether oxygens (including phenoxy) is 2. The first-order valence-electron chi connectivity index (χ1n) is 13.6. The molecule has 3 aromatic rings. The minimum Gasteiger partial charge on any atom is -0.448 e. The van der Waals surface area contributed by atoms with E-state index in [0.29, 0.717) is 11.3 Å². The van der Waals surface area contributed by atoms with Gasteiger partial charge in [-0.15, -0.1) is 22.0 Å². The molecule has 12 heteroatoms. The quantitative estimate of drug-likeness (QED) is 0.175. The third-order valence-corrected chi connectivity index (χ3v) is 9.56. The van der Waals surface area contributed by atoms with Crippen LogP contribution in [0.5, 0.6) is 0 Å². The predicted octanol–water partition coefficient (Wildman–Crippen LogP) is 6.24. The molecule has 0 spiro atoms. The summed E-state index contributed by atoms with van der Waals surface area (Å²) in [4.78, 5) is 42.5. The number of hydrogen-bond donors (Lipinski definition) is 1. The lowest BCUT2D eigenvalue weighted by atomic mass is 10.0. The van der Waals surface area contributed by atoms with Crippen LogP contribution in [0.15, 0.2) is 87.3 Å². The second-order valence-electron chi connectivity index (χ2n) is 11.0. The van der Waals surface area contributed by atoms with E-state index in [4.69, 9.17) is 9.47 Å². The molecule has 1 fully saturated rings. The molecule has 1 N–H and O–H groups in total. The van der Waals surface area contributed by atoms with Crippen molar-refractivity contribution in [3.63, 3.8) is 0 Å². The van der Waals surface area contributed by atoms with Crippen LogP contribution in [-0.2, 0) is 19.1 Å². The number of aryl methyl sites for hydroxylation is 1. The second-order valence-corrected chi connectivity index (χ2v) is 14.7. The van der Waals surface area contributed by atoms with E-state index in [1.54, 1.807) is 20.8 Å². The van der Waals surface area contributed by atoms with Crippen molar-refractivity contribution < 1.29 is 23.9 Å². The Morgan fingerprint density at radius 1 is 1.07 bits per heavy atom. The Hall–Kier alpha value is -3.61. The molecular formula is C31H32N4O5S3. The highest BCUT2D eigenvalue weighted by atomic mass is 32.2. The minimum atomic E-state index is -0.827. The van der Waals surface area contributed by atoms with Crippen molar-refractivity contribution in [3.05, 3.63) is 99.0 Å². The van der Waals surface area contributed by atoms with Crippen LogP contribution in [0.1, 0.15) is 49.9 Å². The molecule has 2 amide bonds. The largest absolute Gasteiger partial charge is 0.448 e. The Balaban J connectivity index is 1.47. The SMILES string of the molecule is CC(=CC1=C(C(=O)OC(c2ccccc2)c2ccccc2)N2C(=O)C(NC(=O)OC(C)(C)C)C2SC1)Sc1nnc(C)s1. The lowest BCUT2D eigenvalue weighted by Crippen LogP contribution is -2.70. The highest BCUT2D eigenvalue weighted by Gasteiger charge is 2.55. The van der Waals surface area contributed by atoms with E-state index in [9.17, 15) is 14.4 Å². The van der Waals surface area contributed by atoms with Gasteiger partial charge in [-0.25, -0.2) is 9.59 Å². The lowest BCUT2D eigenvalue weighted by molar-refractivity contribution is -0.153. The van der Waals surface area contributed by atoms with Crippen LogP contribution in [-0.4, -0.2) is 55.8 Å². The van der Waals surface area contributed by atoms with Gasteiger partial charge >= 0.3 is 12.1 Å². The molecule has 2 aliphatic rings. The van der Waals surface area contributed by atoms with Gasteiger partial charge in [-0.3, -0.25) is 9.69 Å². The summed E-state index contributed by atoms with van der Waals surface area (Å²) in [5, 5.41) is 11.3. The van der Waals surface area contributed by atoms with Gasteiger partial charge in [0.1, 0.15) is 27.7 Å². The number of β-lactam (4-membered cyclic amide) rings is 1. The number of carbonyl (C=O) groups is 3. The molecular weight excluding hydrogens is 605 g/mol. The summed E-state index contributed by atoms with van der Waals surface area (Å²) in [5.41, 5.74) is 1.72. The van der Waals surface area contributed by atoms with Crippen LogP contribution < -0.4 is 5.32 Å². The topological polar surface area (TPSA) is 111 Å². The number of nitrogens with one attached hydrogen (secondary N) is 1. The first-order chi connectivity index (χ1) is 20.5. The molecule has 5 rings (SSSR count). The number of benzene rings is 2. The van der Waals surface area contributed by atoms with Crippen molar-refractivity contribution in [2.75, 3.05) is 5.75 Å². The number of aromatic nitrogens is 2. The number of esters is 1. The van der Waals surface area contributed by atoms with Crippen LogP contribution in [0.2, 0.25) is 0 Å². The van der Waals surface area contributed by atoms with E-state index in [-0.39, 0.29) is 5.70 Å². The Morgan fingerprint density at radius 2 is 1.70 bits per heavy atom. The van der Waals surface area contributed by atoms with E-state index in [2.05, 4.69) is 15.5 Å². The summed E-state index contributed by atoms with van der Waals surface area (Å²) in [6, 6.07) is 18.1. The van der Waals surface area contributed by atoms with Gasteiger partial charge in [0, 0.05) is 5.75 Å². The fraction of sp³-hybridized carbons (Fsp3) is 0.323. The summed E-state index contributed by atoms with van der Waals surface area (Å²) >= 11 is 4.40. The van der Waals surface area contributed by atoms with E-state index in [0.717, 1.165) is 25.4 Å². The van der Waals surface area contributed by atoms with Gasteiger partial charge < -0.3 is 14.8 Å². The molecule has 0 aliphatic carbocycles. The molecule has 43 heavy (non-hydrogen) atoms. The van der Waals surface area contributed by atoms with Crippen molar-refractivity contribution >= 4 is 52.8 Å². The highest BCUT2D eigenvalue weighted by molar-refractivity contribution is 8.04. The zero-order valence-electron chi connectivity index (χ0n) is 24.4. The predicted molar refractivity (Wildman–Crippen MR) is 168 cm³/mol. The zero-order valence-corrected chi connectivity index (χ0v) is 26.8. The highest BCUT2D eigenvalue weighted by Crippen LogP contribution is 2.43. The molecule has 0 radical (unpaired) electrons. The lowest BCUT2D eigenvalue weighted by Gasteiger charge is -2.49. The van der Waals surface area contributed by atoms with Crippen molar-refractivity contribution in [2.24, 2.45) is 0 Å². The van der Waals surface area contributed by atoms with Gasteiger partial charge in [-0.2, -0.15) is 0 Å². The molecule has 224 valence electrons. The average molecular weight is 637 g/mol. The normalized spacial score (nSPS) is 18.7. The molecule has 2 aromatic carbocycles. The summed E-state index contributed by atoms with van der Waals surface area (Å²) in [6.45, 7) is 9.08. The number of fused-ring (bicyclic) bond motifs is 1. The van der Waals surface area contributed by atoms with Crippen LogP contribution in [0.25, 0.3) is 0 Å². The number of carbonyl (C=O) groups excluding carboxylic acids is 3. The summed E-state index contributed by atoms with van der Waals surface area (Å²) in [7, 11) is 0. The van der Waals surface area contributed by atoms with E-state index in [1.165, 1.54) is 39.8 Å². The van der Waals surface area contributed by atoms with Crippen LogP contribution in [0.4, 0.5) is 4.79 Å². The maximum Gasteiger partial charge on any atom is 0.408 e. The third-order valence-electron chi connectivity index (χ3n) is 6.43. The summed E-state index contributed by atoms with van der Waals surface area (Å²) in [6.07, 6.45) is 0.522. The molecule has 1 saturated heterocycles. The monoisotopic (exact) mass is 636 g/mol. The standard InChI is InChI=1S/C31H32N4O5S3/c1-18(42-30-34-33-19(2)43-30)16-22-17-41-27-23(32-29(38)40-31(3,4)5)26(36)35(27)24(22)28(37)39-25(20-12-8-6-9-13-20)21-14-10-7-11-15-21/h6-16,23,25,27H,17H2,1-5H3,(H,32,38). The number of amides is 2. The van der Waals surface area contributed by atoms with Crippen LogP contribution in [0, 0.1) is 6.92 Å². The van der Waals surface area contributed by atoms with Crippen LogP contribution in [0.3, 0.4) is 0 Å². The molecule has 2 aliphatic heterocycles. The minimum absolute atomic E-state index is 0.168. The molecule has 2 unspecified atom stereocenters. The molecule has 0 saturated carbocycles. The number of nitrogens with zero attached hydrogens (tertiary/aromatic N) is 3. The van der Waals surface area contributed by atoms with Crippen molar-refractivity contribution in [3.8, 4) is 0 Å². The number of hydrogen-bond acceptors (Lipinski definition) is 10. The fourth-order valence-corrected chi connectivity index (χ4v) is 7.86. The van der Waals surface area contributed by atoms with Crippen molar-refractivity contribution in [1.82, 2.24) is 20.4 Å². The Bertz CT molecular complexity index is 1530. The molecule has 0 bridgehead atoms. The number of alkyl carbamates (subject to hydrolysis) is 1. The summed E-state index contributed by atoms with van der Waals surface area (Å²) < 4.78 is 12.4. The third kappa shape index (κ3) is 7.31.